The number of nitrogens with one attached hydrogen (secondary N) is 1. The molecule has 3 rings (SSSR count). The maximum Gasteiger partial charge on any atom is 0.358 e. The standard InChI is InChI=1S/C17H16N4O4/c1-21-12-7-5-4-6-10(12)14(20-21)16(22)18-11-8-9-13(24-2)19-15(11)17(23)25-3/h4-9H,1-3H3,(H,18,22). The van der Waals surface area contributed by atoms with Crippen LogP contribution in [0.2, 0.25) is 0 Å². The first kappa shape index (κ1) is 16.4. The minimum absolute atomic E-state index is 0.0459. The maximum absolute atomic E-state index is 12.7. The van der Waals surface area contributed by atoms with E-state index in [1.54, 1.807) is 17.8 Å². The fourth-order valence-corrected chi connectivity index (χ4v) is 2.47. The summed E-state index contributed by atoms with van der Waals surface area (Å²) >= 11 is 0. The maximum atomic E-state index is 12.7. The van der Waals surface area contributed by atoms with E-state index in [-0.39, 0.29) is 23.0 Å². The Morgan fingerprint density at radius 3 is 2.56 bits per heavy atom. The second kappa shape index (κ2) is 6.60. The first-order valence-electron chi connectivity index (χ1n) is 7.41. The van der Waals surface area contributed by atoms with Gasteiger partial charge in [0.25, 0.3) is 5.91 Å². The number of ether oxygens (including phenoxy) is 2. The molecule has 0 aliphatic heterocycles. The van der Waals surface area contributed by atoms with Crippen LogP contribution in [0.5, 0.6) is 5.88 Å². The molecule has 0 spiro atoms. The Morgan fingerprint density at radius 1 is 1.08 bits per heavy atom. The van der Waals surface area contributed by atoms with Crippen molar-refractivity contribution >= 4 is 28.5 Å². The van der Waals surface area contributed by atoms with E-state index < -0.39 is 11.9 Å². The summed E-state index contributed by atoms with van der Waals surface area (Å²) in [6, 6.07) is 10.4. The van der Waals surface area contributed by atoms with Crippen LogP contribution >= 0.6 is 0 Å². The molecule has 0 aliphatic carbocycles. The van der Waals surface area contributed by atoms with E-state index in [0.29, 0.717) is 5.39 Å². The molecule has 25 heavy (non-hydrogen) atoms. The number of rotatable bonds is 4. The monoisotopic (exact) mass is 340 g/mol. The number of carbonyl (C=O) groups excluding carboxylic acids is 2. The number of hydrogen-bond acceptors (Lipinski definition) is 6. The van der Waals surface area contributed by atoms with Gasteiger partial charge in [0.05, 0.1) is 25.4 Å². The van der Waals surface area contributed by atoms with Gasteiger partial charge in [-0.3, -0.25) is 9.48 Å². The van der Waals surface area contributed by atoms with Crippen LogP contribution in [0.4, 0.5) is 5.69 Å². The Labute approximate surface area is 143 Å². The highest BCUT2D eigenvalue weighted by Gasteiger charge is 2.21. The van der Waals surface area contributed by atoms with Gasteiger partial charge < -0.3 is 14.8 Å². The van der Waals surface area contributed by atoms with Gasteiger partial charge in [-0.25, -0.2) is 9.78 Å². The molecule has 1 amide bonds. The van der Waals surface area contributed by atoms with Gasteiger partial charge in [-0.2, -0.15) is 5.10 Å². The third-order valence-electron chi connectivity index (χ3n) is 3.68. The number of hydrogen-bond donors (Lipinski definition) is 1. The summed E-state index contributed by atoms with van der Waals surface area (Å²) in [7, 11) is 4.43. The predicted molar refractivity (Wildman–Crippen MR) is 90.8 cm³/mol. The number of aromatic nitrogens is 3. The average molecular weight is 340 g/mol. The van der Waals surface area contributed by atoms with Gasteiger partial charge in [-0.15, -0.1) is 0 Å². The van der Waals surface area contributed by atoms with Crippen LogP contribution in [0.25, 0.3) is 10.9 Å². The molecule has 0 bridgehead atoms. The van der Waals surface area contributed by atoms with Crippen molar-refractivity contribution in [1.82, 2.24) is 14.8 Å². The topological polar surface area (TPSA) is 95.3 Å². The van der Waals surface area contributed by atoms with Crippen LogP contribution in [0.1, 0.15) is 21.0 Å². The zero-order chi connectivity index (χ0) is 18.0. The van der Waals surface area contributed by atoms with Crippen molar-refractivity contribution in [3.05, 3.63) is 47.8 Å². The number of carbonyl (C=O) groups is 2. The Morgan fingerprint density at radius 2 is 1.84 bits per heavy atom. The second-order valence-corrected chi connectivity index (χ2v) is 5.18. The molecule has 0 aliphatic rings. The van der Waals surface area contributed by atoms with Gasteiger partial charge in [-0.1, -0.05) is 18.2 Å². The van der Waals surface area contributed by atoms with E-state index in [1.165, 1.54) is 20.3 Å². The van der Waals surface area contributed by atoms with Crippen molar-refractivity contribution in [3.63, 3.8) is 0 Å². The number of pyridine rings is 1. The van der Waals surface area contributed by atoms with Crippen molar-refractivity contribution in [2.75, 3.05) is 19.5 Å². The summed E-state index contributed by atoms with van der Waals surface area (Å²) in [4.78, 5) is 28.6. The highest BCUT2D eigenvalue weighted by atomic mass is 16.5. The summed E-state index contributed by atoms with van der Waals surface area (Å²) in [5.41, 5.74) is 1.25. The van der Waals surface area contributed by atoms with E-state index in [2.05, 4.69) is 15.4 Å². The highest BCUT2D eigenvalue weighted by molar-refractivity contribution is 6.12. The van der Waals surface area contributed by atoms with Gasteiger partial charge in [0.15, 0.2) is 11.4 Å². The molecule has 0 fully saturated rings. The molecule has 8 nitrogen and oxygen atoms in total. The molecule has 1 N–H and O–H groups in total. The zero-order valence-corrected chi connectivity index (χ0v) is 13.9. The number of benzene rings is 1. The molecule has 8 heteroatoms. The van der Waals surface area contributed by atoms with Crippen molar-refractivity contribution in [1.29, 1.82) is 0 Å². The van der Waals surface area contributed by atoms with Gasteiger partial charge >= 0.3 is 5.97 Å². The second-order valence-electron chi connectivity index (χ2n) is 5.18. The smallest absolute Gasteiger partial charge is 0.358 e. The van der Waals surface area contributed by atoms with Crippen LogP contribution < -0.4 is 10.1 Å². The molecule has 0 unspecified atom stereocenters. The Hall–Kier alpha value is -3.42. The van der Waals surface area contributed by atoms with Crippen LogP contribution in [-0.4, -0.2) is 40.9 Å². The van der Waals surface area contributed by atoms with Crippen molar-refractivity contribution in [2.24, 2.45) is 7.05 Å². The Balaban J connectivity index is 1.99. The number of fused-ring (bicyclic) bond motifs is 1. The van der Waals surface area contributed by atoms with Crippen LogP contribution in [0, 0.1) is 0 Å². The van der Waals surface area contributed by atoms with E-state index in [1.807, 2.05) is 24.3 Å². The molecule has 3 aromatic rings. The number of anilines is 1. The molecule has 0 radical (unpaired) electrons. The Kier molecular flexibility index (Phi) is 4.34. The van der Waals surface area contributed by atoms with Crippen LogP contribution in [-0.2, 0) is 11.8 Å². The molecule has 1 aromatic carbocycles. The highest BCUT2D eigenvalue weighted by Crippen LogP contribution is 2.22. The van der Waals surface area contributed by atoms with Gasteiger partial charge in [0.1, 0.15) is 0 Å². The summed E-state index contributed by atoms with van der Waals surface area (Å²) in [6.07, 6.45) is 0. The average Bonchev–Trinajstić information content (AvgIpc) is 2.98. The summed E-state index contributed by atoms with van der Waals surface area (Å²) in [6.45, 7) is 0. The molecule has 0 atom stereocenters. The fourth-order valence-electron chi connectivity index (χ4n) is 2.47. The van der Waals surface area contributed by atoms with E-state index in [0.717, 1.165) is 5.52 Å². The predicted octanol–water partition coefficient (Wildman–Crippen LogP) is 2.02. The fraction of sp³-hybridized carbons (Fsp3) is 0.176. The molecule has 2 heterocycles. The van der Waals surface area contributed by atoms with Gasteiger partial charge in [0.2, 0.25) is 5.88 Å². The van der Waals surface area contributed by atoms with Crippen LogP contribution in [0.3, 0.4) is 0 Å². The number of nitrogens with zero attached hydrogens (tertiary/aromatic N) is 3. The van der Waals surface area contributed by atoms with E-state index in [9.17, 15) is 9.59 Å². The number of amides is 1. The van der Waals surface area contributed by atoms with Crippen molar-refractivity contribution in [2.45, 2.75) is 0 Å². The largest absolute Gasteiger partial charge is 0.481 e. The third-order valence-corrected chi connectivity index (χ3v) is 3.68. The van der Waals surface area contributed by atoms with E-state index in [4.69, 9.17) is 9.47 Å². The lowest BCUT2D eigenvalue weighted by atomic mass is 10.2. The number of aryl methyl sites for hydroxylation is 1. The first-order chi connectivity index (χ1) is 12.0. The summed E-state index contributed by atoms with van der Waals surface area (Å²) in [5.74, 6) is -0.893. The molecular weight excluding hydrogens is 324 g/mol. The quantitative estimate of drug-likeness (QED) is 0.730. The molecule has 0 saturated heterocycles. The number of methoxy groups -OCH3 is 2. The third kappa shape index (κ3) is 3.01. The Bertz CT molecular complexity index is 964. The lowest BCUT2D eigenvalue weighted by Crippen LogP contribution is -2.17. The van der Waals surface area contributed by atoms with Gasteiger partial charge in [0, 0.05) is 18.5 Å². The molecular formula is C17H16N4O4. The number of esters is 1. The van der Waals surface area contributed by atoms with Crippen molar-refractivity contribution < 1.29 is 19.1 Å². The lowest BCUT2D eigenvalue weighted by Gasteiger charge is -2.09. The minimum atomic E-state index is -0.680. The summed E-state index contributed by atoms with van der Waals surface area (Å²) < 4.78 is 11.3. The SMILES string of the molecule is COC(=O)c1nc(OC)ccc1NC(=O)c1nn(C)c2ccccc12. The molecule has 128 valence electrons. The molecule has 2 aromatic heterocycles. The zero-order valence-electron chi connectivity index (χ0n) is 13.9. The summed E-state index contributed by atoms with van der Waals surface area (Å²) in [5, 5.41) is 7.63. The molecule has 0 saturated carbocycles. The first-order valence-corrected chi connectivity index (χ1v) is 7.41. The van der Waals surface area contributed by atoms with Crippen molar-refractivity contribution in [3.8, 4) is 5.88 Å². The van der Waals surface area contributed by atoms with E-state index >= 15 is 0 Å². The van der Waals surface area contributed by atoms with Crippen LogP contribution in [0.15, 0.2) is 36.4 Å². The normalized spacial score (nSPS) is 10.5. The minimum Gasteiger partial charge on any atom is -0.481 e. The van der Waals surface area contributed by atoms with Gasteiger partial charge in [-0.05, 0) is 12.1 Å². The lowest BCUT2D eigenvalue weighted by molar-refractivity contribution is 0.0594. The number of para-hydroxylation sites is 1.